The summed E-state index contributed by atoms with van der Waals surface area (Å²) >= 11 is 3.49. The van der Waals surface area contributed by atoms with Crippen molar-refractivity contribution in [3.8, 4) is 0 Å². The van der Waals surface area contributed by atoms with Gasteiger partial charge in [0.25, 0.3) is 10.1 Å². The van der Waals surface area contributed by atoms with E-state index in [-0.39, 0.29) is 35.3 Å². The molecule has 0 bridgehead atoms. The number of amides is 1. The van der Waals surface area contributed by atoms with Crippen molar-refractivity contribution in [3.63, 3.8) is 0 Å². The number of alkyl carbamates (subject to hydrolysis) is 1. The number of hydrogen-bond acceptors (Lipinski definition) is 9. The van der Waals surface area contributed by atoms with E-state index in [1.54, 1.807) is 59.7 Å². The number of nitrogens with one attached hydrogen (secondary N) is 1. The number of carbonyl (C=O) groups is 1. The van der Waals surface area contributed by atoms with E-state index in [1.165, 1.54) is 12.1 Å². The predicted octanol–water partition coefficient (Wildman–Crippen LogP) is 6.81. The van der Waals surface area contributed by atoms with Crippen molar-refractivity contribution in [1.29, 1.82) is 0 Å². The lowest BCUT2D eigenvalue weighted by molar-refractivity contribution is 0.0560. The van der Waals surface area contributed by atoms with Crippen molar-refractivity contribution in [3.05, 3.63) is 52.0 Å². The Morgan fingerprint density at radius 3 is 2.23 bits per heavy atom. The average Bonchev–Trinajstić information content (AvgIpc) is 2.96. The zero-order chi connectivity index (χ0) is 35.6. The summed E-state index contributed by atoms with van der Waals surface area (Å²) in [5, 5.41) is 3.28. The number of benzene rings is 1. The maximum atomic E-state index is 16.8. The molecule has 0 aliphatic carbocycles. The largest absolute Gasteiger partial charge is 0.444 e. The number of rotatable bonds is 10. The fourth-order valence-corrected chi connectivity index (χ4v) is 13.4. The third-order valence-corrected chi connectivity index (χ3v) is 19.4. The van der Waals surface area contributed by atoms with Crippen molar-refractivity contribution in [1.82, 2.24) is 10.3 Å². The van der Waals surface area contributed by atoms with Crippen molar-refractivity contribution in [2.45, 2.75) is 108 Å². The molecule has 0 fully saturated rings. The maximum Gasteiger partial charge on any atom is 0.413 e. The number of aryl methyl sites for hydroxylation is 1. The summed E-state index contributed by atoms with van der Waals surface area (Å²) in [6.45, 7) is 17.4. The van der Waals surface area contributed by atoms with Gasteiger partial charge in [0.2, 0.25) is 0 Å². The van der Waals surface area contributed by atoms with Crippen molar-refractivity contribution in [2.75, 3.05) is 18.9 Å². The molecule has 2 atom stereocenters. The second kappa shape index (κ2) is 14.3. The van der Waals surface area contributed by atoms with Gasteiger partial charge in [-0.25, -0.2) is 22.7 Å². The van der Waals surface area contributed by atoms with Crippen LogP contribution < -0.4 is 10.5 Å². The number of nitrogens with zero attached hydrogens (tertiary/aromatic N) is 3. The Bertz CT molecular complexity index is 1740. The molecule has 10 nitrogen and oxygen atoms in total. The molecule has 1 aromatic heterocycles. The molecule has 3 rings (SSSR count). The van der Waals surface area contributed by atoms with Gasteiger partial charge in [-0.15, -0.1) is 0 Å². The van der Waals surface area contributed by atoms with Crippen LogP contribution in [0.15, 0.2) is 49.2 Å². The molecule has 2 aromatic rings. The topological polar surface area (TPSA) is 136 Å². The Balaban J connectivity index is 2.15. The van der Waals surface area contributed by atoms with Crippen molar-refractivity contribution in [2.24, 2.45) is 9.36 Å². The van der Waals surface area contributed by atoms with Crippen LogP contribution >= 0.6 is 15.9 Å². The first-order valence-corrected chi connectivity index (χ1v) is 22.2. The molecule has 1 unspecified atom stereocenters. The number of aliphatic imine (C=N–C) groups is 1. The molecule has 262 valence electrons. The van der Waals surface area contributed by atoms with Gasteiger partial charge in [-0.1, -0.05) is 56.6 Å². The molecule has 2 heterocycles. The standard InChI is InChI=1S/C32H48BrFN4O6S2Si/c1-11-47(12-2,13-3)24-20-25(33)36-27(26(24)34)32(10)21-45(40,31(8,9)28(38-32)37-29(39)44-30(5,6)7)35-18-19-43-46(41,42)23-16-14-22(4)15-17-23/h14-17,20H,11-13,18-19,21H2,1-10H3,(H,37,38,39)/t32-,45?/m0/s1. The molecule has 47 heavy (non-hydrogen) atoms. The predicted molar refractivity (Wildman–Crippen MR) is 192 cm³/mol. The van der Waals surface area contributed by atoms with Gasteiger partial charge in [0.1, 0.15) is 37.8 Å². The molecule has 0 spiro atoms. The molecule has 1 amide bonds. The zero-order valence-electron chi connectivity index (χ0n) is 29.0. The van der Waals surface area contributed by atoms with Gasteiger partial charge in [-0.2, -0.15) is 8.42 Å². The van der Waals surface area contributed by atoms with Gasteiger partial charge in [-0.3, -0.25) is 14.5 Å². The van der Waals surface area contributed by atoms with Crippen LogP contribution in [0.3, 0.4) is 0 Å². The number of ether oxygens (including phenoxy) is 1. The summed E-state index contributed by atoms with van der Waals surface area (Å²) < 4.78 is 71.6. The molecule has 0 saturated heterocycles. The molecule has 1 aliphatic rings. The minimum absolute atomic E-state index is 0.00449. The highest BCUT2D eigenvalue weighted by atomic mass is 79.9. The van der Waals surface area contributed by atoms with Crippen LogP contribution in [0.25, 0.3) is 0 Å². The summed E-state index contributed by atoms with van der Waals surface area (Å²) in [4.78, 5) is 22.4. The van der Waals surface area contributed by atoms with Crippen LogP contribution in [0.5, 0.6) is 0 Å². The van der Waals surface area contributed by atoms with Gasteiger partial charge in [0, 0.05) is 0 Å². The van der Waals surface area contributed by atoms with E-state index in [9.17, 15) is 13.2 Å². The third kappa shape index (κ3) is 8.51. The highest BCUT2D eigenvalue weighted by Crippen LogP contribution is 2.40. The number of amidine groups is 1. The van der Waals surface area contributed by atoms with E-state index in [4.69, 9.17) is 13.9 Å². The molecule has 1 N–H and O–H groups in total. The second-order valence-electron chi connectivity index (χ2n) is 13.6. The first kappa shape index (κ1) is 39.2. The van der Waals surface area contributed by atoms with Crippen LogP contribution in [0.4, 0.5) is 9.18 Å². The smallest absolute Gasteiger partial charge is 0.413 e. The summed E-state index contributed by atoms with van der Waals surface area (Å²) in [5.74, 6) is -0.743. The van der Waals surface area contributed by atoms with E-state index in [2.05, 4.69) is 51.4 Å². The number of carbonyl (C=O) groups excluding carboxylic acids is 1. The number of pyridine rings is 1. The van der Waals surface area contributed by atoms with Crippen LogP contribution in [0, 0.1) is 12.7 Å². The zero-order valence-corrected chi connectivity index (χ0v) is 33.2. The SMILES string of the molecule is CC[Si](CC)(CC)c1cc(Br)nc([C@]2(C)CS(=O)(=NCCOS(=O)(=O)c3ccc(C)cc3)C(C)(C)C(NC(=O)OC(C)(C)C)=N2)c1F. The van der Waals surface area contributed by atoms with Crippen LogP contribution in [-0.4, -0.2) is 66.9 Å². The number of halogens is 2. The highest BCUT2D eigenvalue weighted by Gasteiger charge is 2.51. The lowest BCUT2D eigenvalue weighted by atomic mass is 9.98. The van der Waals surface area contributed by atoms with Crippen LogP contribution in [0.2, 0.25) is 18.1 Å². The fraction of sp³-hybridized carbons (Fsp3) is 0.594. The van der Waals surface area contributed by atoms with E-state index < -0.39 is 55.7 Å². The number of aromatic nitrogens is 1. The monoisotopic (exact) mass is 774 g/mol. The Kier molecular flexibility index (Phi) is 12.0. The minimum Gasteiger partial charge on any atom is -0.444 e. The van der Waals surface area contributed by atoms with E-state index in [1.807, 2.05) is 6.92 Å². The maximum absolute atomic E-state index is 16.8. The molecule has 1 aliphatic heterocycles. The van der Waals surface area contributed by atoms with Crippen molar-refractivity contribution >= 4 is 61.0 Å². The van der Waals surface area contributed by atoms with Crippen LogP contribution in [0.1, 0.15) is 73.6 Å². The Morgan fingerprint density at radius 1 is 1.13 bits per heavy atom. The van der Waals surface area contributed by atoms with Gasteiger partial charge in [-0.05, 0) is 87.8 Å². The minimum atomic E-state index is -4.09. The summed E-state index contributed by atoms with van der Waals surface area (Å²) in [6.07, 6.45) is -0.819. The quantitative estimate of drug-likeness (QED) is 0.121. The Hall–Kier alpha value is -2.20. The van der Waals surface area contributed by atoms with E-state index in [0.29, 0.717) is 9.79 Å². The molecular weight excluding hydrogens is 727 g/mol. The first-order valence-electron chi connectivity index (χ1n) is 15.7. The van der Waals surface area contributed by atoms with Crippen molar-refractivity contribution < 1.29 is 30.7 Å². The average molecular weight is 776 g/mol. The van der Waals surface area contributed by atoms with Crippen LogP contribution in [-0.2, 0) is 34.3 Å². The third-order valence-electron chi connectivity index (χ3n) is 8.80. The lowest BCUT2D eigenvalue weighted by Gasteiger charge is -2.42. The van der Waals surface area contributed by atoms with E-state index >= 15 is 8.60 Å². The fourth-order valence-electron chi connectivity index (χ4n) is 5.70. The molecular formula is C32H48BrFN4O6S2Si. The lowest BCUT2D eigenvalue weighted by Crippen LogP contribution is -2.58. The summed E-state index contributed by atoms with van der Waals surface area (Å²) in [6, 6.07) is 10.4. The summed E-state index contributed by atoms with van der Waals surface area (Å²) in [7, 11) is -9.75. The molecule has 0 saturated carbocycles. The molecule has 0 radical (unpaired) electrons. The highest BCUT2D eigenvalue weighted by molar-refractivity contribution is 9.10. The second-order valence-corrected chi connectivity index (χ2v) is 24.1. The number of hydrogen-bond donors (Lipinski definition) is 1. The summed E-state index contributed by atoms with van der Waals surface area (Å²) in [5.41, 5.74) is -1.46. The molecule has 15 heteroatoms. The van der Waals surface area contributed by atoms with Gasteiger partial charge >= 0.3 is 6.09 Å². The molecule has 1 aromatic carbocycles. The Morgan fingerprint density at radius 2 is 1.70 bits per heavy atom. The Labute approximate surface area is 289 Å². The van der Waals surface area contributed by atoms with Gasteiger partial charge in [0.05, 0.1) is 41.6 Å². The van der Waals surface area contributed by atoms with Gasteiger partial charge < -0.3 is 4.74 Å². The normalized spacial score (nSPS) is 21.6. The van der Waals surface area contributed by atoms with Gasteiger partial charge in [0.15, 0.2) is 0 Å². The van der Waals surface area contributed by atoms with E-state index in [0.717, 1.165) is 23.7 Å². The first-order chi connectivity index (χ1) is 21.6.